The molecule has 0 spiro atoms. The van der Waals surface area contributed by atoms with Gasteiger partial charge >= 0.3 is 5.97 Å². The van der Waals surface area contributed by atoms with Gasteiger partial charge in [0.25, 0.3) is 5.91 Å². The number of nitrogens with two attached hydrogens (primary N) is 1. The number of carbonyl (C=O) groups excluding carboxylic acids is 2. The Morgan fingerprint density at radius 3 is 2.56 bits per heavy atom. The smallest absolute Gasteiger partial charge is 0.326 e. The molecule has 0 radical (unpaired) electrons. The van der Waals surface area contributed by atoms with E-state index in [0.717, 1.165) is 5.56 Å². The second-order valence-corrected chi connectivity index (χ2v) is 4.58. The Bertz CT molecular complexity index is 469. The van der Waals surface area contributed by atoms with Crippen LogP contribution in [0.1, 0.15) is 28.8 Å². The number of amides is 2. The van der Waals surface area contributed by atoms with E-state index in [4.69, 9.17) is 10.8 Å². The average Bonchev–Trinajstić information content (AvgIpc) is 2.69. The zero-order valence-corrected chi connectivity index (χ0v) is 10.6. The summed E-state index contributed by atoms with van der Waals surface area (Å²) < 4.78 is 0. The molecule has 4 N–H and O–H groups in total. The lowest BCUT2D eigenvalue weighted by atomic mass is 10.1. The Morgan fingerprint density at radius 1 is 1.44 bits per heavy atom. The maximum Gasteiger partial charge on any atom is 0.326 e. The largest absolute Gasteiger partial charge is 0.480 e. The zero-order chi connectivity index (χ0) is 13.7. The monoisotopic (exact) mass is 270 g/mol. The molecule has 0 saturated heterocycles. The third-order valence-corrected chi connectivity index (χ3v) is 3.24. The third kappa shape index (κ3) is 3.85. The van der Waals surface area contributed by atoms with Gasteiger partial charge in [0.1, 0.15) is 6.04 Å². The minimum absolute atomic E-state index is 0.0143. The van der Waals surface area contributed by atoms with Gasteiger partial charge in [-0.25, -0.2) is 4.79 Å². The number of hydrogen-bond donors (Lipinski definition) is 3. The molecule has 6 nitrogen and oxygen atoms in total. The molecular formula is C11H14N2O4S. The van der Waals surface area contributed by atoms with Crippen LogP contribution in [0.15, 0.2) is 10.8 Å². The molecule has 2 amide bonds. The fourth-order valence-electron chi connectivity index (χ4n) is 1.37. The van der Waals surface area contributed by atoms with Gasteiger partial charge in [-0.15, -0.1) is 0 Å². The molecule has 1 heterocycles. The summed E-state index contributed by atoms with van der Waals surface area (Å²) in [6, 6.07) is -1.11. The summed E-state index contributed by atoms with van der Waals surface area (Å²) in [7, 11) is 0. The molecule has 1 aromatic rings. The summed E-state index contributed by atoms with van der Waals surface area (Å²) in [6.07, 6.45) is -0.0978. The Morgan fingerprint density at radius 2 is 2.11 bits per heavy atom. The Hall–Kier alpha value is -1.89. The number of carbonyl (C=O) groups is 3. The second-order valence-electron chi connectivity index (χ2n) is 3.84. The first kappa shape index (κ1) is 14.2. The van der Waals surface area contributed by atoms with Crippen molar-refractivity contribution < 1.29 is 19.5 Å². The van der Waals surface area contributed by atoms with E-state index in [2.05, 4.69) is 5.32 Å². The molecule has 0 aliphatic rings. The van der Waals surface area contributed by atoms with E-state index in [0.29, 0.717) is 5.56 Å². The maximum atomic E-state index is 11.8. The van der Waals surface area contributed by atoms with Crippen LogP contribution in [0.4, 0.5) is 0 Å². The number of hydrogen-bond acceptors (Lipinski definition) is 4. The molecule has 1 aromatic heterocycles. The average molecular weight is 270 g/mol. The van der Waals surface area contributed by atoms with Crippen LogP contribution in [0.25, 0.3) is 0 Å². The van der Waals surface area contributed by atoms with Crippen LogP contribution < -0.4 is 11.1 Å². The topological polar surface area (TPSA) is 109 Å². The molecule has 0 aliphatic heterocycles. The second kappa shape index (κ2) is 6.15. The maximum absolute atomic E-state index is 11.8. The van der Waals surface area contributed by atoms with Crippen LogP contribution in [0.5, 0.6) is 0 Å². The van der Waals surface area contributed by atoms with E-state index < -0.39 is 23.8 Å². The summed E-state index contributed by atoms with van der Waals surface area (Å²) in [5.41, 5.74) is 6.19. The van der Waals surface area contributed by atoms with Crippen molar-refractivity contribution in [3.8, 4) is 0 Å². The van der Waals surface area contributed by atoms with Gasteiger partial charge in [-0.3, -0.25) is 9.59 Å². The summed E-state index contributed by atoms with van der Waals surface area (Å²) in [5.74, 6) is -2.23. The van der Waals surface area contributed by atoms with E-state index >= 15 is 0 Å². The van der Waals surface area contributed by atoms with E-state index in [1.54, 1.807) is 17.7 Å². The summed E-state index contributed by atoms with van der Waals surface area (Å²) in [6.45, 7) is 1.77. The molecule has 18 heavy (non-hydrogen) atoms. The highest BCUT2D eigenvalue weighted by molar-refractivity contribution is 7.08. The molecule has 7 heteroatoms. The fourth-order valence-corrected chi connectivity index (χ4v) is 2.20. The molecule has 0 bridgehead atoms. The highest BCUT2D eigenvalue weighted by Gasteiger charge is 2.22. The minimum Gasteiger partial charge on any atom is -0.480 e. The first-order valence-corrected chi connectivity index (χ1v) is 6.21. The number of rotatable bonds is 6. The number of primary amides is 1. The van der Waals surface area contributed by atoms with E-state index in [-0.39, 0.29) is 12.8 Å². The van der Waals surface area contributed by atoms with Crippen molar-refractivity contribution in [1.82, 2.24) is 5.32 Å². The van der Waals surface area contributed by atoms with E-state index in [1.807, 2.05) is 0 Å². The van der Waals surface area contributed by atoms with Crippen LogP contribution in [-0.4, -0.2) is 28.9 Å². The zero-order valence-electron chi connectivity index (χ0n) is 9.80. The third-order valence-electron chi connectivity index (χ3n) is 2.38. The minimum atomic E-state index is -1.18. The van der Waals surface area contributed by atoms with Gasteiger partial charge in [0.2, 0.25) is 5.91 Å². The Labute approximate surface area is 108 Å². The van der Waals surface area contributed by atoms with E-state index in [1.165, 1.54) is 11.3 Å². The van der Waals surface area contributed by atoms with Crippen molar-refractivity contribution in [2.75, 3.05) is 0 Å². The number of nitrogens with one attached hydrogen (secondary N) is 1. The Kier molecular flexibility index (Phi) is 4.85. The Balaban J connectivity index is 2.67. The quantitative estimate of drug-likeness (QED) is 0.699. The van der Waals surface area contributed by atoms with Gasteiger partial charge in [-0.2, -0.15) is 11.3 Å². The SMILES string of the molecule is Cc1cscc1C(=O)NC(CCC(N)=O)C(=O)O. The van der Waals surface area contributed by atoms with Gasteiger partial charge in [-0.1, -0.05) is 0 Å². The summed E-state index contributed by atoms with van der Waals surface area (Å²) >= 11 is 1.37. The van der Waals surface area contributed by atoms with Crippen molar-refractivity contribution in [3.63, 3.8) is 0 Å². The van der Waals surface area contributed by atoms with Crippen molar-refractivity contribution in [2.45, 2.75) is 25.8 Å². The molecule has 0 aromatic carbocycles. The van der Waals surface area contributed by atoms with Crippen molar-refractivity contribution in [3.05, 3.63) is 21.9 Å². The number of carboxylic acid groups (broad SMARTS) is 1. The molecule has 98 valence electrons. The van der Waals surface area contributed by atoms with Crippen LogP contribution in [0, 0.1) is 6.92 Å². The molecule has 0 aliphatic carbocycles. The van der Waals surface area contributed by atoms with Gasteiger partial charge in [0, 0.05) is 11.8 Å². The highest BCUT2D eigenvalue weighted by atomic mass is 32.1. The van der Waals surface area contributed by atoms with Crippen LogP contribution >= 0.6 is 11.3 Å². The van der Waals surface area contributed by atoms with Crippen molar-refractivity contribution in [1.29, 1.82) is 0 Å². The first-order valence-electron chi connectivity index (χ1n) is 5.26. The van der Waals surface area contributed by atoms with Crippen LogP contribution in [0.2, 0.25) is 0 Å². The van der Waals surface area contributed by atoms with Gasteiger partial charge in [0.05, 0.1) is 5.56 Å². The normalized spacial score (nSPS) is 11.8. The summed E-state index contributed by atoms with van der Waals surface area (Å²) in [5, 5.41) is 14.8. The molecule has 1 atom stereocenters. The van der Waals surface area contributed by atoms with E-state index in [9.17, 15) is 14.4 Å². The molecule has 1 unspecified atom stereocenters. The summed E-state index contributed by atoms with van der Waals surface area (Å²) in [4.78, 5) is 33.4. The van der Waals surface area contributed by atoms with Crippen LogP contribution in [-0.2, 0) is 9.59 Å². The van der Waals surface area contributed by atoms with Gasteiger partial charge in [-0.05, 0) is 24.3 Å². The van der Waals surface area contributed by atoms with Crippen LogP contribution in [0.3, 0.4) is 0 Å². The number of aryl methyl sites for hydroxylation is 1. The van der Waals surface area contributed by atoms with Crippen molar-refractivity contribution >= 4 is 29.1 Å². The molecule has 0 fully saturated rings. The molecule has 0 saturated carbocycles. The first-order chi connectivity index (χ1) is 8.41. The van der Waals surface area contributed by atoms with Gasteiger partial charge < -0.3 is 16.2 Å². The number of carboxylic acids is 1. The molecular weight excluding hydrogens is 256 g/mol. The lowest BCUT2D eigenvalue weighted by Gasteiger charge is -2.13. The standard InChI is InChI=1S/C11H14N2O4S/c1-6-4-18-5-7(6)10(15)13-8(11(16)17)2-3-9(12)14/h4-5,8H,2-3H2,1H3,(H2,12,14)(H,13,15)(H,16,17). The predicted octanol–water partition coefficient (Wildman–Crippen LogP) is 0.505. The molecule has 1 rings (SSSR count). The predicted molar refractivity (Wildman–Crippen MR) is 66.4 cm³/mol. The van der Waals surface area contributed by atoms with Crippen molar-refractivity contribution in [2.24, 2.45) is 5.73 Å². The number of aliphatic carboxylic acids is 1. The highest BCUT2D eigenvalue weighted by Crippen LogP contribution is 2.13. The number of thiophene rings is 1. The fraction of sp³-hybridized carbons (Fsp3) is 0.364. The lowest BCUT2D eigenvalue weighted by molar-refractivity contribution is -0.139. The van der Waals surface area contributed by atoms with Gasteiger partial charge in [0.15, 0.2) is 0 Å². The lowest BCUT2D eigenvalue weighted by Crippen LogP contribution is -2.41.